The van der Waals surface area contributed by atoms with Crippen molar-refractivity contribution in [3.05, 3.63) is 52.4 Å². The highest BCUT2D eigenvalue weighted by atomic mass is 35.5. The fourth-order valence-electron chi connectivity index (χ4n) is 3.72. The van der Waals surface area contributed by atoms with Gasteiger partial charge < -0.3 is 10.1 Å². The second-order valence-corrected chi connectivity index (χ2v) is 9.48. The van der Waals surface area contributed by atoms with Gasteiger partial charge in [0.15, 0.2) is 11.5 Å². The van der Waals surface area contributed by atoms with Gasteiger partial charge >= 0.3 is 12.0 Å². The van der Waals surface area contributed by atoms with Crippen LogP contribution in [0.5, 0.6) is 0 Å². The average Bonchev–Trinajstić information content (AvgIpc) is 3.13. The van der Waals surface area contributed by atoms with Gasteiger partial charge in [0.2, 0.25) is 0 Å². The number of aromatic nitrogens is 4. The number of esters is 1. The molecule has 0 aliphatic carbocycles. The number of unbranched alkanes of at least 4 members (excludes halogenated alkanes) is 1. The molecule has 0 aliphatic heterocycles. The van der Waals surface area contributed by atoms with Gasteiger partial charge in [-0.25, -0.2) is 24.9 Å². The molecule has 198 valence electrons. The smallest absolute Gasteiger partial charge is 0.338 e. The van der Waals surface area contributed by atoms with Crippen molar-refractivity contribution in [2.24, 2.45) is 0 Å². The summed E-state index contributed by atoms with van der Waals surface area (Å²) in [6, 6.07) is 4.12. The summed E-state index contributed by atoms with van der Waals surface area (Å²) >= 11 is 11.9. The first-order valence-corrected chi connectivity index (χ1v) is 12.7. The van der Waals surface area contributed by atoms with Crippen molar-refractivity contribution in [1.82, 2.24) is 25.2 Å². The lowest BCUT2D eigenvalue weighted by Crippen LogP contribution is -2.48. The van der Waals surface area contributed by atoms with Crippen LogP contribution < -0.4 is 15.8 Å². The van der Waals surface area contributed by atoms with E-state index in [0.717, 1.165) is 29.5 Å². The van der Waals surface area contributed by atoms with Gasteiger partial charge in [-0.1, -0.05) is 56.5 Å². The molecule has 2 amide bonds. The molecular weight excluding hydrogens is 517 g/mol. The molecule has 2 N–H and O–H groups in total. The van der Waals surface area contributed by atoms with E-state index in [1.165, 1.54) is 17.1 Å². The highest BCUT2D eigenvalue weighted by Crippen LogP contribution is 2.30. The minimum Gasteiger partial charge on any atom is -0.464 e. The van der Waals surface area contributed by atoms with E-state index < -0.39 is 12.0 Å². The third kappa shape index (κ3) is 7.33. The lowest BCUT2D eigenvalue weighted by atomic mass is 9.99. The molecule has 0 radical (unpaired) electrons. The van der Waals surface area contributed by atoms with Crippen LogP contribution in [0.1, 0.15) is 50.8 Å². The molecule has 0 spiro atoms. The number of hydrogen-bond acceptors (Lipinski definition) is 7. The second-order valence-electron chi connectivity index (χ2n) is 8.71. The number of nitrogens with one attached hydrogen (secondary N) is 2. The fourth-order valence-corrected chi connectivity index (χ4v) is 4.18. The molecule has 0 unspecified atom stereocenters. The Hall–Kier alpha value is -3.37. The van der Waals surface area contributed by atoms with Crippen LogP contribution in [0.4, 0.5) is 16.3 Å². The first kappa shape index (κ1) is 28.2. The number of hydrazine groups is 1. The monoisotopic (exact) mass is 547 g/mol. The number of rotatable bonds is 11. The number of fused-ring (bicyclic) bond motifs is 1. The molecule has 0 bridgehead atoms. The van der Waals surface area contributed by atoms with Crippen molar-refractivity contribution >= 4 is 57.7 Å². The summed E-state index contributed by atoms with van der Waals surface area (Å²) in [4.78, 5) is 34.2. The summed E-state index contributed by atoms with van der Waals surface area (Å²) < 4.78 is 7.09. The molecule has 0 aromatic carbocycles. The highest BCUT2D eigenvalue weighted by Gasteiger charge is 2.22. The van der Waals surface area contributed by atoms with Crippen molar-refractivity contribution < 1.29 is 14.3 Å². The number of amides is 2. The van der Waals surface area contributed by atoms with Gasteiger partial charge in [-0.05, 0) is 43.0 Å². The molecule has 0 aliphatic rings. The maximum absolute atomic E-state index is 12.9. The summed E-state index contributed by atoms with van der Waals surface area (Å²) in [5.74, 6) is -0.0278. The van der Waals surface area contributed by atoms with Gasteiger partial charge in [0.05, 0.1) is 18.8 Å². The summed E-state index contributed by atoms with van der Waals surface area (Å²) in [5.41, 5.74) is 5.46. The Labute approximate surface area is 226 Å². The van der Waals surface area contributed by atoms with Crippen LogP contribution in [-0.4, -0.2) is 44.9 Å². The molecule has 0 saturated heterocycles. The van der Waals surface area contributed by atoms with Gasteiger partial charge in [-0.15, -0.1) is 6.58 Å². The van der Waals surface area contributed by atoms with E-state index in [1.807, 2.05) is 19.9 Å². The molecule has 3 heterocycles. The van der Waals surface area contributed by atoms with E-state index in [-0.39, 0.29) is 22.8 Å². The molecule has 10 nitrogen and oxygen atoms in total. The number of aryl methyl sites for hydroxylation is 1. The van der Waals surface area contributed by atoms with Crippen LogP contribution in [0.15, 0.2) is 30.9 Å². The van der Waals surface area contributed by atoms with Crippen molar-refractivity contribution in [3.8, 4) is 0 Å². The Morgan fingerprint density at radius 1 is 1.22 bits per heavy atom. The number of urea groups is 1. The van der Waals surface area contributed by atoms with Gasteiger partial charge in [-0.2, -0.15) is 5.10 Å². The molecule has 0 saturated carbocycles. The van der Waals surface area contributed by atoms with Crippen molar-refractivity contribution in [2.75, 3.05) is 23.5 Å². The van der Waals surface area contributed by atoms with Crippen LogP contribution in [-0.2, 0) is 16.1 Å². The van der Waals surface area contributed by atoms with Crippen LogP contribution in [0, 0.1) is 6.92 Å². The Kier molecular flexibility index (Phi) is 9.71. The first-order chi connectivity index (χ1) is 17.6. The molecule has 3 aromatic heterocycles. The summed E-state index contributed by atoms with van der Waals surface area (Å²) in [7, 11) is 0. The SMILES string of the molecule is C=CCn1nc(C)c2c(C(C)C)cc(N(CC(=O)OCCCC)NC(=O)Nc3cc(Cl)nc(Cl)c3)nc21. The Morgan fingerprint density at radius 2 is 1.92 bits per heavy atom. The third-order valence-electron chi connectivity index (χ3n) is 5.40. The topological polar surface area (TPSA) is 114 Å². The highest BCUT2D eigenvalue weighted by molar-refractivity contribution is 6.33. The molecule has 0 atom stereocenters. The number of hydrogen-bond donors (Lipinski definition) is 2. The van der Waals surface area contributed by atoms with Crippen LogP contribution in [0.3, 0.4) is 0 Å². The van der Waals surface area contributed by atoms with Gasteiger partial charge in [0.25, 0.3) is 0 Å². The molecule has 37 heavy (non-hydrogen) atoms. The number of ether oxygens (including phenoxy) is 1. The van der Waals surface area contributed by atoms with Gasteiger partial charge in [-0.3, -0.25) is 9.80 Å². The largest absolute Gasteiger partial charge is 0.464 e. The van der Waals surface area contributed by atoms with E-state index >= 15 is 0 Å². The maximum atomic E-state index is 12.9. The predicted octanol–water partition coefficient (Wildman–Crippen LogP) is 5.64. The van der Waals surface area contributed by atoms with E-state index in [0.29, 0.717) is 30.3 Å². The van der Waals surface area contributed by atoms with Gasteiger partial charge in [0, 0.05) is 11.1 Å². The fraction of sp³-hybridized carbons (Fsp3) is 0.400. The van der Waals surface area contributed by atoms with Crippen LogP contribution >= 0.6 is 23.2 Å². The number of halogens is 2. The standard InChI is InChI=1S/C25H31Cl2N7O3/c1-6-8-10-37-22(35)14-34(32-25(36)28-17-11-19(26)29-20(27)12-17)21-13-18(15(3)4)23-16(5)31-33(9-7-2)24(23)30-21/h7,11-13,15H,2,6,8-10,14H2,1,3-5H3,(H2,28,29,32,36). The lowest BCUT2D eigenvalue weighted by molar-refractivity contribution is -0.142. The quantitative estimate of drug-likeness (QED) is 0.105. The molecular formula is C25H31Cl2N7O3. The van der Waals surface area contributed by atoms with E-state index in [4.69, 9.17) is 32.9 Å². The second kappa shape index (κ2) is 12.7. The number of pyridine rings is 2. The maximum Gasteiger partial charge on any atom is 0.338 e. The Morgan fingerprint density at radius 3 is 2.54 bits per heavy atom. The van der Waals surface area contributed by atoms with Crippen LogP contribution in [0.2, 0.25) is 10.3 Å². The van der Waals surface area contributed by atoms with E-state index in [9.17, 15) is 9.59 Å². The van der Waals surface area contributed by atoms with Crippen molar-refractivity contribution in [1.29, 1.82) is 0 Å². The number of nitrogens with zero attached hydrogens (tertiary/aromatic N) is 5. The van der Waals surface area contributed by atoms with E-state index in [1.54, 1.807) is 10.8 Å². The summed E-state index contributed by atoms with van der Waals surface area (Å²) in [5, 5.41) is 9.78. The minimum absolute atomic E-state index is 0.123. The molecule has 0 fully saturated rings. The Balaban J connectivity index is 2.00. The Bertz CT molecular complexity index is 1270. The summed E-state index contributed by atoms with van der Waals surface area (Å²) in [6.07, 6.45) is 3.36. The van der Waals surface area contributed by atoms with Crippen LogP contribution in [0.25, 0.3) is 11.0 Å². The average molecular weight is 548 g/mol. The predicted molar refractivity (Wildman–Crippen MR) is 146 cm³/mol. The molecule has 3 aromatic rings. The zero-order chi connectivity index (χ0) is 27.1. The summed E-state index contributed by atoms with van der Waals surface area (Å²) in [6.45, 7) is 12.3. The normalized spacial score (nSPS) is 11.0. The number of allylic oxidation sites excluding steroid dienone is 1. The number of carbonyl (C=O) groups excluding carboxylic acids is 2. The molecule has 12 heteroatoms. The lowest BCUT2D eigenvalue weighted by Gasteiger charge is -2.25. The first-order valence-electron chi connectivity index (χ1n) is 12.0. The van der Waals surface area contributed by atoms with E-state index in [2.05, 4.69) is 41.3 Å². The minimum atomic E-state index is -0.636. The zero-order valence-electron chi connectivity index (χ0n) is 21.3. The zero-order valence-corrected chi connectivity index (χ0v) is 22.9. The van der Waals surface area contributed by atoms with Gasteiger partial charge in [0.1, 0.15) is 16.9 Å². The third-order valence-corrected chi connectivity index (χ3v) is 5.79. The van der Waals surface area contributed by atoms with Crippen molar-refractivity contribution in [2.45, 2.75) is 53.0 Å². The van der Waals surface area contributed by atoms with Crippen molar-refractivity contribution in [3.63, 3.8) is 0 Å². The number of anilines is 2. The molecule has 3 rings (SSSR count). The number of carbonyl (C=O) groups is 2.